The molecule has 112 valence electrons. The van der Waals surface area contributed by atoms with Crippen molar-refractivity contribution in [3.05, 3.63) is 23.2 Å². The fraction of sp³-hybridized carbons (Fsp3) is 0.571. The van der Waals surface area contributed by atoms with Crippen molar-refractivity contribution in [3.63, 3.8) is 0 Å². The van der Waals surface area contributed by atoms with Crippen LogP contribution in [-0.2, 0) is 11.3 Å². The van der Waals surface area contributed by atoms with Crippen LogP contribution in [0.4, 0.5) is 0 Å². The lowest BCUT2D eigenvalue weighted by atomic mass is 10.2. The highest BCUT2D eigenvalue weighted by molar-refractivity contribution is 5.84. The second-order valence-electron chi connectivity index (χ2n) is 5.02. The van der Waals surface area contributed by atoms with Gasteiger partial charge in [-0.1, -0.05) is 6.92 Å². The number of carbonyl (C=O) groups is 2. The first-order valence-electron chi connectivity index (χ1n) is 6.67. The van der Waals surface area contributed by atoms with E-state index in [1.54, 1.807) is 6.92 Å². The van der Waals surface area contributed by atoms with E-state index in [0.29, 0.717) is 18.8 Å². The summed E-state index contributed by atoms with van der Waals surface area (Å²) in [5.74, 6) is -0.619. The first-order chi connectivity index (χ1) is 9.33. The SMILES string of the molecule is CCN(CC(=O)NC(C)C)Cc1cc(C(=O)O)oc1C. The van der Waals surface area contributed by atoms with Gasteiger partial charge in [0.25, 0.3) is 0 Å². The van der Waals surface area contributed by atoms with Gasteiger partial charge in [0.05, 0.1) is 6.54 Å². The molecule has 0 aliphatic rings. The molecule has 1 aromatic heterocycles. The van der Waals surface area contributed by atoms with E-state index in [1.165, 1.54) is 6.07 Å². The maximum Gasteiger partial charge on any atom is 0.371 e. The average Bonchev–Trinajstić information content (AvgIpc) is 2.69. The highest BCUT2D eigenvalue weighted by Gasteiger charge is 2.16. The second kappa shape index (κ2) is 7.09. The van der Waals surface area contributed by atoms with Gasteiger partial charge in [-0.25, -0.2) is 4.79 Å². The van der Waals surface area contributed by atoms with Crippen LogP contribution in [0.25, 0.3) is 0 Å². The number of hydrogen-bond donors (Lipinski definition) is 2. The first-order valence-corrected chi connectivity index (χ1v) is 6.67. The lowest BCUT2D eigenvalue weighted by molar-refractivity contribution is -0.122. The van der Waals surface area contributed by atoms with Crippen molar-refractivity contribution in [3.8, 4) is 0 Å². The van der Waals surface area contributed by atoms with Crippen molar-refractivity contribution in [1.82, 2.24) is 10.2 Å². The molecule has 0 aliphatic heterocycles. The number of amides is 1. The van der Waals surface area contributed by atoms with Crippen LogP contribution in [0, 0.1) is 6.92 Å². The van der Waals surface area contributed by atoms with E-state index in [1.807, 2.05) is 25.7 Å². The van der Waals surface area contributed by atoms with E-state index in [2.05, 4.69) is 5.32 Å². The van der Waals surface area contributed by atoms with Crippen LogP contribution in [0.15, 0.2) is 10.5 Å². The van der Waals surface area contributed by atoms with Gasteiger partial charge in [0.1, 0.15) is 5.76 Å². The molecule has 1 rings (SSSR count). The van der Waals surface area contributed by atoms with Gasteiger partial charge in [0.2, 0.25) is 11.7 Å². The van der Waals surface area contributed by atoms with E-state index < -0.39 is 5.97 Å². The van der Waals surface area contributed by atoms with Gasteiger partial charge < -0.3 is 14.8 Å². The maximum atomic E-state index is 11.7. The Labute approximate surface area is 118 Å². The van der Waals surface area contributed by atoms with Crippen LogP contribution in [0.2, 0.25) is 0 Å². The molecule has 1 amide bonds. The molecule has 1 heterocycles. The highest BCUT2D eigenvalue weighted by atomic mass is 16.4. The lowest BCUT2D eigenvalue weighted by Crippen LogP contribution is -2.39. The number of carbonyl (C=O) groups excluding carboxylic acids is 1. The molecule has 0 fully saturated rings. The predicted molar refractivity (Wildman–Crippen MR) is 74.6 cm³/mol. The molecule has 0 aromatic carbocycles. The Hall–Kier alpha value is -1.82. The monoisotopic (exact) mass is 282 g/mol. The van der Waals surface area contributed by atoms with Crippen LogP contribution in [0.5, 0.6) is 0 Å². The molecule has 6 heteroatoms. The van der Waals surface area contributed by atoms with Crippen molar-refractivity contribution in [2.75, 3.05) is 13.1 Å². The summed E-state index contributed by atoms with van der Waals surface area (Å²) in [7, 11) is 0. The van der Waals surface area contributed by atoms with Crippen molar-refractivity contribution in [2.24, 2.45) is 0 Å². The predicted octanol–water partition coefficient (Wildman–Crippen LogP) is 1.63. The summed E-state index contributed by atoms with van der Waals surface area (Å²) in [5.41, 5.74) is 0.793. The third-order valence-electron chi connectivity index (χ3n) is 2.89. The molecule has 1 aromatic rings. The smallest absolute Gasteiger partial charge is 0.371 e. The Morgan fingerprint density at radius 3 is 2.55 bits per heavy atom. The number of carboxylic acid groups (broad SMARTS) is 1. The summed E-state index contributed by atoms with van der Waals surface area (Å²) >= 11 is 0. The molecule has 0 radical (unpaired) electrons. The summed E-state index contributed by atoms with van der Waals surface area (Å²) in [6.07, 6.45) is 0. The quantitative estimate of drug-likeness (QED) is 0.794. The second-order valence-corrected chi connectivity index (χ2v) is 5.02. The molecule has 2 N–H and O–H groups in total. The van der Waals surface area contributed by atoms with Crippen LogP contribution < -0.4 is 5.32 Å². The Morgan fingerprint density at radius 2 is 2.10 bits per heavy atom. The Kier molecular flexibility index (Phi) is 5.76. The molecule has 0 spiro atoms. The summed E-state index contributed by atoms with van der Waals surface area (Å²) in [6.45, 7) is 8.96. The van der Waals surface area contributed by atoms with Gasteiger partial charge in [-0.3, -0.25) is 9.69 Å². The number of carboxylic acids is 1. The highest BCUT2D eigenvalue weighted by Crippen LogP contribution is 2.16. The number of hydrogen-bond acceptors (Lipinski definition) is 4. The Balaban J connectivity index is 2.68. The molecule has 0 unspecified atom stereocenters. The van der Waals surface area contributed by atoms with Crippen molar-refractivity contribution < 1.29 is 19.1 Å². The zero-order valence-electron chi connectivity index (χ0n) is 12.4. The number of nitrogens with one attached hydrogen (secondary N) is 1. The molecular weight excluding hydrogens is 260 g/mol. The number of likely N-dealkylation sites (N-methyl/N-ethyl adjacent to an activating group) is 1. The largest absolute Gasteiger partial charge is 0.475 e. The fourth-order valence-corrected chi connectivity index (χ4v) is 1.87. The molecule has 0 bridgehead atoms. The minimum absolute atomic E-state index is 0.0403. The van der Waals surface area contributed by atoms with E-state index in [9.17, 15) is 9.59 Å². The normalized spacial score (nSPS) is 11.1. The lowest BCUT2D eigenvalue weighted by Gasteiger charge is -2.20. The number of nitrogens with zero attached hydrogens (tertiary/aromatic N) is 1. The van der Waals surface area contributed by atoms with Gasteiger partial charge in [-0.2, -0.15) is 0 Å². The number of rotatable bonds is 7. The van der Waals surface area contributed by atoms with E-state index >= 15 is 0 Å². The minimum atomic E-state index is -1.08. The van der Waals surface area contributed by atoms with Gasteiger partial charge in [-0.05, 0) is 33.4 Å². The van der Waals surface area contributed by atoms with Crippen LogP contribution in [0.3, 0.4) is 0 Å². The molecule has 6 nitrogen and oxygen atoms in total. The van der Waals surface area contributed by atoms with E-state index in [0.717, 1.165) is 5.56 Å². The zero-order chi connectivity index (χ0) is 15.3. The Morgan fingerprint density at radius 1 is 1.45 bits per heavy atom. The average molecular weight is 282 g/mol. The molecule has 0 atom stereocenters. The summed E-state index contributed by atoms with van der Waals surface area (Å²) in [5, 5.41) is 11.7. The van der Waals surface area contributed by atoms with Gasteiger partial charge >= 0.3 is 5.97 Å². The zero-order valence-corrected chi connectivity index (χ0v) is 12.4. The van der Waals surface area contributed by atoms with E-state index in [-0.39, 0.29) is 24.3 Å². The van der Waals surface area contributed by atoms with Crippen LogP contribution >= 0.6 is 0 Å². The number of aryl methyl sites for hydroxylation is 1. The summed E-state index contributed by atoms with van der Waals surface area (Å²) in [4.78, 5) is 24.5. The van der Waals surface area contributed by atoms with Crippen LogP contribution in [-0.4, -0.2) is 41.0 Å². The number of furan rings is 1. The molecule has 0 aliphatic carbocycles. The summed E-state index contributed by atoms with van der Waals surface area (Å²) < 4.78 is 5.16. The molecule has 0 saturated carbocycles. The molecule has 0 saturated heterocycles. The Bertz CT molecular complexity index is 480. The standard InChI is InChI=1S/C14H22N2O4/c1-5-16(8-13(17)15-9(2)3)7-11-6-12(14(18)19)20-10(11)4/h6,9H,5,7-8H2,1-4H3,(H,15,17)(H,18,19). The minimum Gasteiger partial charge on any atom is -0.475 e. The van der Waals surface area contributed by atoms with Gasteiger partial charge in [0, 0.05) is 18.2 Å². The first kappa shape index (κ1) is 16.2. The van der Waals surface area contributed by atoms with Gasteiger partial charge in [-0.15, -0.1) is 0 Å². The summed E-state index contributed by atoms with van der Waals surface area (Å²) in [6, 6.07) is 1.62. The fourth-order valence-electron chi connectivity index (χ4n) is 1.87. The van der Waals surface area contributed by atoms with E-state index in [4.69, 9.17) is 9.52 Å². The van der Waals surface area contributed by atoms with Gasteiger partial charge in [0.15, 0.2) is 0 Å². The third kappa shape index (κ3) is 4.70. The molecular formula is C14H22N2O4. The van der Waals surface area contributed by atoms with Crippen LogP contribution in [0.1, 0.15) is 42.6 Å². The van der Waals surface area contributed by atoms with Crippen molar-refractivity contribution in [2.45, 2.75) is 40.3 Å². The topological polar surface area (TPSA) is 82.8 Å². The van der Waals surface area contributed by atoms with Crippen molar-refractivity contribution >= 4 is 11.9 Å². The maximum absolute atomic E-state index is 11.7. The van der Waals surface area contributed by atoms with Crippen molar-refractivity contribution in [1.29, 1.82) is 0 Å². The third-order valence-corrected chi connectivity index (χ3v) is 2.89. The number of aromatic carboxylic acids is 1. The molecule has 20 heavy (non-hydrogen) atoms.